The summed E-state index contributed by atoms with van der Waals surface area (Å²) in [5, 5.41) is 3.01. The summed E-state index contributed by atoms with van der Waals surface area (Å²) in [6.07, 6.45) is 3.09. The van der Waals surface area contributed by atoms with Gasteiger partial charge in [0.2, 0.25) is 5.95 Å². The Labute approximate surface area is 120 Å². The molecule has 1 aromatic rings. The van der Waals surface area contributed by atoms with E-state index in [9.17, 15) is 4.39 Å². The Morgan fingerprint density at radius 2 is 2.05 bits per heavy atom. The second-order valence-electron chi connectivity index (χ2n) is 4.55. The summed E-state index contributed by atoms with van der Waals surface area (Å²) in [6.45, 7) is 8.00. The molecule has 0 atom stereocenters. The smallest absolute Gasteiger partial charge is 0.224 e. The molecule has 0 spiro atoms. The molecule has 114 valence electrons. The van der Waals surface area contributed by atoms with Crippen molar-refractivity contribution >= 4 is 11.8 Å². The SMILES string of the molecule is CCNc1ncc(F)c(N(CCOC)C(CC)CC)n1. The van der Waals surface area contributed by atoms with Gasteiger partial charge in [-0.3, -0.25) is 0 Å². The van der Waals surface area contributed by atoms with E-state index in [-0.39, 0.29) is 6.04 Å². The van der Waals surface area contributed by atoms with Gasteiger partial charge in [0, 0.05) is 26.2 Å². The van der Waals surface area contributed by atoms with Crippen LogP contribution in [-0.4, -0.2) is 42.8 Å². The Morgan fingerprint density at radius 1 is 1.35 bits per heavy atom. The van der Waals surface area contributed by atoms with E-state index >= 15 is 0 Å². The van der Waals surface area contributed by atoms with E-state index in [4.69, 9.17) is 4.74 Å². The van der Waals surface area contributed by atoms with E-state index in [1.54, 1.807) is 7.11 Å². The minimum Gasteiger partial charge on any atom is -0.383 e. The van der Waals surface area contributed by atoms with Crippen LogP contribution in [0.5, 0.6) is 0 Å². The van der Waals surface area contributed by atoms with Crippen molar-refractivity contribution in [2.24, 2.45) is 0 Å². The first-order chi connectivity index (χ1) is 9.67. The molecule has 0 aliphatic heterocycles. The van der Waals surface area contributed by atoms with Gasteiger partial charge in [0.25, 0.3) is 0 Å². The Morgan fingerprint density at radius 3 is 2.60 bits per heavy atom. The Hall–Kier alpha value is -1.43. The number of nitrogens with one attached hydrogen (secondary N) is 1. The summed E-state index contributed by atoms with van der Waals surface area (Å²) in [7, 11) is 1.64. The van der Waals surface area contributed by atoms with Gasteiger partial charge < -0.3 is 15.0 Å². The summed E-state index contributed by atoms with van der Waals surface area (Å²) in [5.41, 5.74) is 0. The molecule has 1 aromatic heterocycles. The fourth-order valence-corrected chi connectivity index (χ4v) is 2.18. The van der Waals surface area contributed by atoms with Gasteiger partial charge in [0.15, 0.2) is 11.6 Å². The quantitative estimate of drug-likeness (QED) is 0.755. The second-order valence-corrected chi connectivity index (χ2v) is 4.55. The van der Waals surface area contributed by atoms with E-state index in [0.717, 1.165) is 12.8 Å². The minimum atomic E-state index is -0.394. The molecule has 20 heavy (non-hydrogen) atoms. The van der Waals surface area contributed by atoms with Gasteiger partial charge in [-0.15, -0.1) is 0 Å². The van der Waals surface area contributed by atoms with Crippen molar-refractivity contribution in [1.29, 1.82) is 0 Å². The Kier molecular flexibility index (Phi) is 7.22. The predicted octanol–water partition coefficient (Wildman–Crippen LogP) is 2.69. The molecule has 0 saturated carbocycles. The maximum atomic E-state index is 14.1. The number of rotatable bonds is 9. The van der Waals surface area contributed by atoms with Crippen molar-refractivity contribution < 1.29 is 9.13 Å². The van der Waals surface area contributed by atoms with Crippen molar-refractivity contribution in [3.05, 3.63) is 12.0 Å². The topological polar surface area (TPSA) is 50.3 Å². The maximum absolute atomic E-state index is 14.1. The normalized spacial score (nSPS) is 10.9. The first-order valence-corrected chi connectivity index (χ1v) is 7.19. The molecule has 0 aliphatic carbocycles. The van der Waals surface area contributed by atoms with Gasteiger partial charge in [0.05, 0.1) is 12.8 Å². The molecule has 1 rings (SSSR count). The highest BCUT2D eigenvalue weighted by molar-refractivity contribution is 5.45. The zero-order valence-electron chi connectivity index (χ0n) is 12.8. The largest absolute Gasteiger partial charge is 0.383 e. The average Bonchev–Trinajstić information content (AvgIpc) is 2.46. The summed E-state index contributed by atoms with van der Waals surface area (Å²) < 4.78 is 19.2. The van der Waals surface area contributed by atoms with Gasteiger partial charge in [-0.2, -0.15) is 4.98 Å². The van der Waals surface area contributed by atoms with E-state index in [1.165, 1.54) is 6.20 Å². The first-order valence-electron chi connectivity index (χ1n) is 7.19. The number of methoxy groups -OCH3 is 1. The molecule has 6 heteroatoms. The van der Waals surface area contributed by atoms with Crippen LogP contribution in [0.1, 0.15) is 33.6 Å². The highest BCUT2D eigenvalue weighted by Gasteiger charge is 2.21. The van der Waals surface area contributed by atoms with E-state index in [1.807, 2.05) is 11.8 Å². The molecule has 0 fully saturated rings. The van der Waals surface area contributed by atoms with Gasteiger partial charge >= 0.3 is 0 Å². The fraction of sp³-hybridized carbons (Fsp3) is 0.714. The lowest BCUT2D eigenvalue weighted by Gasteiger charge is -2.31. The molecule has 0 bridgehead atoms. The summed E-state index contributed by atoms with van der Waals surface area (Å²) in [4.78, 5) is 10.2. The third-order valence-electron chi connectivity index (χ3n) is 3.25. The summed E-state index contributed by atoms with van der Waals surface area (Å²) in [6, 6.07) is 0.240. The van der Waals surface area contributed by atoms with Crippen LogP contribution in [0.15, 0.2) is 6.20 Å². The summed E-state index contributed by atoms with van der Waals surface area (Å²) >= 11 is 0. The molecule has 0 aliphatic rings. The van der Waals surface area contributed by atoms with Gasteiger partial charge in [-0.25, -0.2) is 9.37 Å². The number of aromatic nitrogens is 2. The maximum Gasteiger partial charge on any atom is 0.224 e. The Bertz CT molecular complexity index is 399. The van der Waals surface area contributed by atoms with Crippen LogP contribution in [0, 0.1) is 5.82 Å². The van der Waals surface area contributed by atoms with Crippen LogP contribution in [0.25, 0.3) is 0 Å². The molecule has 0 aromatic carbocycles. The lowest BCUT2D eigenvalue weighted by Crippen LogP contribution is -2.38. The molecular weight excluding hydrogens is 259 g/mol. The average molecular weight is 284 g/mol. The van der Waals surface area contributed by atoms with Crippen molar-refractivity contribution in [1.82, 2.24) is 9.97 Å². The number of nitrogens with zero attached hydrogens (tertiary/aromatic N) is 3. The van der Waals surface area contributed by atoms with E-state index < -0.39 is 5.82 Å². The van der Waals surface area contributed by atoms with Crippen molar-refractivity contribution in [2.75, 3.05) is 37.0 Å². The van der Waals surface area contributed by atoms with E-state index in [0.29, 0.717) is 31.5 Å². The molecule has 0 unspecified atom stereocenters. The highest BCUT2D eigenvalue weighted by atomic mass is 19.1. The number of hydrogen-bond acceptors (Lipinski definition) is 5. The van der Waals surface area contributed by atoms with Crippen LogP contribution >= 0.6 is 0 Å². The molecule has 1 heterocycles. The Balaban J connectivity index is 3.07. The predicted molar refractivity (Wildman–Crippen MR) is 79.7 cm³/mol. The lowest BCUT2D eigenvalue weighted by atomic mass is 10.1. The van der Waals surface area contributed by atoms with Crippen LogP contribution in [0.3, 0.4) is 0 Å². The zero-order chi connectivity index (χ0) is 15.0. The molecule has 5 nitrogen and oxygen atoms in total. The molecule has 1 N–H and O–H groups in total. The highest BCUT2D eigenvalue weighted by Crippen LogP contribution is 2.22. The van der Waals surface area contributed by atoms with Crippen molar-refractivity contribution in [3.63, 3.8) is 0 Å². The number of anilines is 2. The van der Waals surface area contributed by atoms with Gasteiger partial charge in [-0.05, 0) is 19.8 Å². The number of hydrogen-bond donors (Lipinski definition) is 1. The zero-order valence-corrected chi connectivity index (χ0v) is 12.8. The lowest BCUT2D eigenvalue weighted by molar-refractivity contribution is 0.202. The van der Waals surface area contributed by atoms with E-state index in [2.05, 4.69) is 29.1 Å². The molecule has 0 amide bonds. The van der Waals surface area contributed by atoms with Crippen LogP contribution in [-0.2, 0) is 4.74 Å². The standard InChI is InChI=1S/C14H25FN4O/c1-5-11(6-2)19(8-9-20-4)13-12(15)10-17-14(18-13)16-7-3/h10-11H,5-9H2,1-4H3,(H,16,17,18). The summed E-state index contributed by atoms with van der Waals surface area (Å²) in [5.74, 6) is 0.411. The first kappa shape index (κ1) is 16.6. The van der Waals surface area contributed by atoms with Crippen molar-refractivity contribution in [2.45, 2.75) is 39.7 Å². The fourth-order valence-electron chi connectivity index (χ4n) is 2.18. The number of halogens is 1. The third kappa shape index (κ3) is 4.30. The van der Waals surface area contributed by atoms with Gasteiger partial charge in [-0.1, -0.05) is 13.8 Å². The molecule has 0 radical (unpaired) electrons. The third-order valence-corrected chi connectivity index (χ3v) is 3.25. The van der Waals surface area contributed by atoms with Gasteiger partial charge in [0.1, 0.15) is 0 Å². The number of ether oxygens (including phenoxy) is 1. The van der Waals surface area contributed by atoms with Crippen LogP contribution in [0.4, 0.5) is 16.2 Å². The second kappa shape index (κ2) is 8.68. The van der Waals surface area contributed by atoms with Crippen LogP contribution < -0.4 is 10.2 Å². The molecule has 0 saturated heterocycles. The van der Waals surface area contributed by atoms with Crippen LogP contribution in [0.2, 0.25) is 0 Å². The monoisotopic (exact) mass is 284 g/mol. The van der Waals surface area contributed by atoms with Crippen molar-refractivity contribution in [3.8, 4) is 0 Å². The molecular formula is C14H25FN4O. The minimum absolute atomic E-state index is 0.240.